The zero-order chi connectivity index (χ0) is 14.7. The zero-order valence-corrected chi connectivity index (χ0v) is 13.2. The van der Waals surface area contributed by atoms with Crippen molar-refractivity contribution >= 4 is 52.3 Å². The minimum Gasteiger partial charge on any atom is -0.354 e. The van der Waals surface area contributed by atoms with Crippen LogP contribution in [0.4, 0.5) is 17.5 Å². The quantitative estimate of drug-likeness (QED) is 0.781. The van der Waals surface area contributed by atoms with E-state index in [1.54, 1.807) is 12.1 Å². The van der Waals surface area contributed by atoms with E-state index in [4.69, 9.17) is 34.8 Å². The van der Waals surface area contributed by atoms with Crippen LogP contribution in [-0.4, -0.2) is 16.5 Å². The molecule has 0 fully saturated rings. The first-order valence-corrected chi connectivity index (χ1v) is 7.14. The lowest BCUT2D eigenvalue weighted by Gasteiger charge is -2.11. The monoisotopic (exact) mass is 330 g/mol. The van der Waals surface area contributed by atoms with Gasteiger partial charge in [-0.3, -0.25) is 0 Å². The second-order valence-electron chi connectivity index (χ2n) is 4.12. The Bertz CT molecular complexity index is 631. The summed E-state index contributed by atoms with van der Waals surface area (Å²) < 4.78 is 0. The highest BCUT2D eigenvalue weighted by atomic mass is 35.5. The number of nitrogens with zero attached hydrogens (tertiary/aromatic N) is 2. The molecule has 1 aromatic carbocycles. The first-order valence-electron chi connectivity index (χ1n) is 6.00. The first kappa shape index (κ1) is 15.2. The summed E-state index contributed by atoms with van der Waals surface area (Å²) in [5.74, 6) is 1.19. The van der Waals surface area contributed by atoms with E-state index in [9.17, 15) is 0 Å². The molecule has 4 nitrogen and oxygen atoms in total. The maximum atomic E-state index is 6.13. The average Bonchev–Trinajstić information content (AvgIpc) is 2.35. The number of halogens is 3. The van der Waals surface area contributed by atoms with Crippen LogP contribution in [0, 0.1) is 6.92 Å². The molecule has 0 unspecified atom stereocenters. The summed E-state index contributed by atoms with van der Waals surface area (Å²) >= 11 is 18.0. The summed E-state index contributed by atoms with van der Waals surface area (Å²) in [6, 6.07) is 5.07. The third-order valence-electron chi connectivity index (χ3n) is 2.46. The number of anilines is 3. The fraction of sp³-hybridized carbons (Fsp3) is 0.231. The Labute approximate surface area is 132 Å². The Morgan fingerprint density at radius 1 is 1.00 bits per heavy atom. The van der Waals surface area contributed by atoms with Gasteiger partial charge in [-0.1, -0.05) is 34.8 Å². The standard InChI is InChI=1S/C13H13Cl3N4/c1-3-17-13-18-7(2)4-12(20-13)19-11-6-9(15)8(14)5-10(11)16/h4-6H,3H2,1-2H3,(H2,17,18,19,20). The first-order chi connectivity index (χ1) is 9.49. The topological polar surface area (TPSA) is 49.8 Å². The van der Waals surface area contributed by atoms with Crippen molar-refractivity contribution in [3.05, 3.63) is 39.0 Å². The molecule has 7 heteroatoms. The SMILES string of the molecule is CCNc1nc(C)cc(Nc2cc(Cl)c(Cl)cc2Cl)n1. The molecular formula is C13H13Cl3N4. The van der Waals surface area contributed by atoms with Gasteiger partial charge in [-0.05, 0) is 26.0 Å². The van der Waals surface area contributed by atoms with Crippen LogP contribution >= 0.6 is 34.8 Å². The van der Waals surface area contributed by atoms with Gasteiger partial charge in [0, 0.05) is 18.3 Å². The Balaban J connectivity index is 2.32. The number of rotatable bonds is 4. The minimum absolute atomic E-state index is 0.412. The minimum atomic E-state index is 0.412. The summed E-state index contributed by atoms with van der Waals surface area (Å²) in [6.45, 7) is 4.62. The van der Waals surface area contributed by atoms with Gasteiger partial charge >= 0.3 is 0 Å². The average molecular weight is 332 g/mol. The Hall–Kier alpha value is -1.23. The van der Waals surface area contributed by atoms with Crippen molar-refractivity contribution in [1.82, 2.24) is 9.97 Å². The van der Waals surface area contributed by atoms with Gasteiger partial charge in [0.1, 0.15) is 5.82 Å². The lowest BCUT2D eigenvalue weighted by molar-refractivity contribution is 1.05. The molecule has 0 bridgehead atoms. The molecule has 0 aliphatic heterocycles. The second kappa shape index (κ2) is 6.48. The number of hydrogen-bond acceptors (Lipinski definition) is 4. The van der Waals surface area contributed by atoms with Crippen LogP contribution in [0.5, 0.6) is 0 Å². The van der Waals surface area contributed by atoms with Gasteiger partial charge < -0.3 is 10.6 Å². The van der Waals surface area contributed by atoms with E-state index in [1.165, 1.54) is 0 Å². The number of benzene rings is 1. The number of nitrogens with one attached hydrogen (secondary N) is 2. The van der Waals surface area contributed by atoms with Gasteiger partial charge in [0.15, 0.2) is 0 Å². The smallest absolute Gasteiger partial charge is 0.224 e. The van der Waals surface area contributed by atoms with Crippen molar-refractivity contribution in [2.45, 2.75) is 13.8 Å². The van der Waals surface area contributed by atoms with Crippen LogP contribution in [-0.2, 0) is 0 Å². The van der Waals surface area contributed by atoms with E-state index >= 15 is 0 Å². The van der Waals surface area contributed by atoms with Crippen LogP contribution in [0.2, 0.25) is 15.1 Å². The lowest BCUT2D eigenvalue weighted by Crippen LogP contribution is -2.05. The number of aryl methyl sites for hydroxylation is 1. The van der Waals surface area contributed by atoms with Gasteiger partial charge in [0.2, 0.25) is 5.95 Å². The summed E-state index contributed by atoms with van der Waals surface area (Å²) in [5, 5.41) is 7.49. The van der Waals surface area contributed by atoms with E-state index in [0.29, 0.717) is 32.5 Å². The molecule has 0 amide bonds. The van der Waals surface area contributed by atoms with Crippen LogP contribution in [0.3, 0.4) is 0 Å². The van der Waals surface area contributed by atoms with Gasteiger partial charge in [-0.25, -0.2) is 4.98 Å². The molecule has 20 heavy (non-hydrogen) atoms. The maximum Gasteiger partial charge on any atom is 0.224 e. The molecule has 0 atom stereocenters. The summed E-state index contributed by atoms with van der Waals surface area (Å²) in [7, 11) is 0. The van der Waals surface area contributed by atoms with Crippen molar-refractivity contribution in [1.29, 1.82) is 0 Å². The van der Waals surface area contributed by atoms with Crippen molar-refractivity contribution in [3.63, 3.8) is 0 Å². The van der Waals surface area contributed by atoms with Gasteiger partial charge in [0.05, 0.1) is 20.8 Å². The fourth-order valence-corrected chi connectivity index (χ4v) is 2.22. The molecule has 2 N–H and O–H groups in total. The second-order valence-corrected chi connectivity index (χ2v) is 5.34. The Kier molecular flexibility index (Phi) is 4.91. The third kappa shape index (κ3) is 3.66. The molecule has 0 radical (unpaired) electrons. The van der Waals surface area contributed by atoms with Crippen molar-refractivity contribution in [2.75, 3.05) is 17.2 Å². The van der Waals surface area contributed by atoms with E-state index in [0.717, 1.165) is 12.2 Å². The molecule has 0 aliphatic rings. The molecule has 1 heterocycles. The van der Waals surface area contributed by atoms with E-state index in [1.807, 2.05) is 19.9 Å². The van der Waals surface area contributed by atoms with E-state index in [2.05, 4.69) is 20.6 Å². The molecule has 2 rings (SSSR count). The van der Waals surface area contributed by atoms with Crippen LogP contribution in [0.1, 0.15) is 12.6 Å². The Morgan fingerprint density at radius 2 is 1.70 bits per heavy atom. The summed E-state index contributed by atoms with van der Waals surface area (Å²) in [6.07, 6.45) is 0. The van der Waals surface area contributed by atoms with Gasteiger partial charge in [0.25, 0.3) is 0 Å². The van der Waals surface area contributed by atoms with E-state index in [-0.39, 0.29) is 0 Å². The third-order valence-corrected chi connectivity index (χ3v) is 3.50. The predicted molar refractivity (Wildman–Crippen MR) is 85.7 cm³/mol. The van der Waals surface area contributed by atoms with Crippen molar-refractivity contribution in [3.8, 4) is 0 Å². The highest BCUT2D eigenvalue weighted by Gasteiger charge is 2.08. The maximum absolute atomic E-state index is 6.13. The van der Waals surface area contributed by atoms with Gasteiger partial charge in [-0.2, -0.15) is 4.98 Å². The number of hydrogen-bond donors (Lipinski definition) is 2. The molecular weight excluding hydrogens is 319 g/mol. The highest BCUT2D eigenvalue weighted by molar-refractivity contribution is 6.44. The molecule has 2 aromatic rings. The van der Waals surface area contributed by atoms with Gasteiger partial charge in [-0.15, -0.1) is 0 Å². The summed E-state index contributed by atoms with van der Waals surface area (Å²) in [4.78, 5) is 8.62. The predicted octanol–water partition coefficient (Wildman–Crippen LogP) is 4.92. The fourth-order valence-electron chi connectivity index (χ4n) is 1.63. The molecule has 0 saturated heterocycles. The molecule has 106 valence electrons. The molecule has 0 saturated carbocycles. The van der Waals surface area contributed by atoms with Crippen LogP contribution in [0.25, 0.3) is 0 Å². The van der Waals surface area contributed by atoms with Crippen molar-refractivity contribution in [2.24, 2.45) is 0 Å². The van der Waals surface area contributed by atoms with E-state index < -0.39 is 0 Å². The largest absolute Gasteiger partial charge is 0.354 e. The normalized spacial score (nSPS) is 10.4. The lowest BCUT2D eigenvalue weighted by atomic mass is 10.3. The van der Waals surface area contributed by atoms with Crippen LogP contribution < -0.4 is 10.6 Å². The molecule has 1 aromatic heterocycles. The molecule has 0 aliphatic carbocycles. The number of aromatic nitrogens is 2. The Morgan fingerprint density at radius 3 is 2.40 bits per heavy atom. The van der Waals surface area contributed by atoms with Crippen molar-refractivity contribution < 1.29 is 0 Å². The zero-order valence-electron chi connectivity index (χ0n) is 11.0. The summed E-state index contributed by atoms with van der Waals surface area (Å²) in [5.41, 5.74) is 1.48. The molecule has 0 spiro atoms. The van der Waals surface area contributed by atoms with Crippen LogP contribution in [0.15, 0.2) is 18.2 Å². The highest BCUT2D eigenvalue weighted by Crippen LogP contribution is 2.33.